The van der Waals surface area contributed by atoms with Gasteiger partial charge in [-0.15, -0.1) is 0 Å². The summed E-state index contributed by atoms with van der Waals surface area (Å²) >= 11 is 0. The summed E-state index contributed by atoms with van der Waals surface area (Å²) in [4.78, 5) is 0. The molecular formula is C3H4F6N2O4S2. The van der Waals surface area contributed by atoms with Crippen molar-refractivity contribution in [2.75, 3.05) is 0 Å². The van der Waals surface area contributed by atoms with Crippen molar-refractivity contribution >= 4 is 20.0 Å². The average Bonchev–Trinajstić information content (AvgIpc) is 1.98. The van der Waals surface area contributed by atoms with Crippen molar-refractivity contribution in [1.29, 1.82) is 9.56 Å². The first kappa shape index (κ1) is 16.4. The minimum absolute atomic E-state index is 5.76. The number of halogens is 6. The van der Waals surface area contributed by atoms with Crippen LogP contribution in [-0.4, -0.2) is 34.0 Å². The van der Waals surface area contributed by atoms with Gasteiger partial charge in [0, 0.05) is 0 Å². The quantitative estimate of drug-likeness (QED) is 0.592. The normalized spacial score (nSPS) is 21.6. The van der Waals surface area contributed by atoms with Crippen LogP contribution < -0.4 is 0 Å². The first-order valence-electron chi connectivity index (χ1n) is 3.15. The van der Waals surface area contributed by atoms with Crippen molar-refractivity contribution in [1.82, 2.24) is 0 Å². The highest BCUT2D eigenvalue weighted by Crippen LogP contribution is 2.50. The van der Waals surface area contributed by atoms with Gasteiger partial charge in [0.1, 0.15) is 0 Å². The predicted octanol–water partition coefficient (Wildman–Crippen LogP) is 1.85. The topological polar surface area (TPSA) is 122 Å². The van der Waals surface area contributed by atoms with Gasteiger partial charge in [0.25, 0.3) is 0 Å². The maximum atomic E-state index is 12.6. The Kier molecular flexibility index (Phi) is 3.56. The lowest BCUT2D eigenvalue weighted by Gasteiger charge is -2.30. The highest BCUT2D eigenvalue weighted by atomic mass is 32.2. The van der Waals surface area contributed by atoms with Crippen molar-refractivity contribution in [3.05, 3.63) is 0 Å². The molecule has 6 nitrogen and oxygen atoms in total. The minimum atomic E-state index is -6.83. The largest absolute Gasteiger partial charge is 0.420 e. The maximum Gasteiger partial charge on any atom is 0.420 e. The average molecular weight is 310 g/mol. The van der Waals surface area contributed by atoms with Crippen molar-refractivity contribution < 1.29 is 43.9 Å². The lowest BCUT2D eigenvalue weighted by atomic mass is 10.3. The standard InChI is InChI=1S/C3H4F6N2O4S2/c4-1(5,2(6,7)16(10,12)13)3(8,9)17(11,14)15/h(H2,10,12,13)(H2,11,14,15). The SMILES string of the molecule is N=S(=O)(O)C(F)(F)C(F)(F)C(F)(F)S(=N)(=O)O. The first-order valence-corrected chi connectivity index (χ1v) is 6.18. The van der Waals surface area contributed by atoms with Crippen LogP contribution in [0.5, 0.6) is 0 Å². The van der Waals surface area contributed by atoms with Gasteiger partial charge in [0.15, 0.2) is 0 Å². The number of rotatable bonds is 4. The van der Waals surface area contributed by atoms with E-state index in [1.165, 1.54) is 0 Å². The fourth-order valence-electron chi connectivity index (χ4n) is 0.517. The second kappa shape index (κ2) is 3.69. The molecule has 2 unspecified atom stereocenters. The molecule has 0 bridgehead atoms. The lowest BCUT2D eigenvalue weighted by Crippen LogP contribution is -2.59. The van der Waals surface area contributed by atoms with Crippen molar-refractivity contribution in [2.24, 2.45) is 0 Å². The Morgan fingerprint density at radius 1 is 0.765 bits per heavy atom. The van der Waals surface area contributed by atoms with Gasteiger partial charge in [0.2, 0.25) is 20.0 Å². The van der Waals surface area contributed by atoms with E-state index in [1.807, 2.05) is 0 Å². The summed E-state index contributed by atoms with van der Waals surface area (Å²) < 4.78 is 122. The highest BCUT2D eigenvalue weighted by Gasteiger charge is 2.79. The fourth-order valence-corrected chi connectivity index (χ4v) is 1.53. The molecule has 0 aromatic heterocycles. The van der Waals surface area contributed by atoms with E-state index >= 15 is 0 Å². The van der Waals surface area contributed by atoms with Crippen LogP contribution in [0.2, 0.25) is 0 Å². The van der Waals surface area contributed by atoms with Crippen LogP contribution >= 0.6 is 0 Å². The van der Waals surface area contributed by atoms with E-state index in [-0.39, 0.29) is 0 Å². The monoisotopic (exact) mass is 310 g/mol. The van der Waals surface area contributed by atoms with E-state index in [0.29, 0.717) is 0 Å². The van der Waals surface area contributed by atoms with Crippen LogP contribution in [0.25, 0.3) is 0 Å². The molecule has 0 fully saturated rings. The van der Waals surface area contributed by atoms with E-state index in [4.69, 9.17) is 18.7 Å². The smallest absolute Gasteiger partial charge is 0.296 e. The minimum Gasteiger partial charge on any atom is -0.296 e. The van der Waals surface area contributed by atoms with Gasteiger partial charge in [-0.3, -0.25) is 9.11 Å². The van der Waals surface area contributed by atoms with E-state index in [0.717, 1.165) is 0 Å². The molecule has 4 N–H and O–H groups in total. The summed E-state index contributed by atoms with van der Waals surface area (Å²) in [5, 5.41) is -13.0. The van der Waals surface area contributed by atoms with Gasteiger partial charge in [0.05, 0.1) is 0 Å². The molecule has 0 aliphatic carbocycles. The Morgan fingerprint density at radius 3 is 1.06 bits per heavy atom. The van der Waals surface area contributed by atoms with E-state index < -0.39 is 36.5 Å². The number of hydrogen-bond donors (Lipinski definition) is 4. The summed E-state index contributed by atoms with van der Waals surface area (Å²) in [5.74, 6) is -6.83. The molecule has 17 heavy (non-hydrogen) atoms. The third kappa shape index (κ3) is 2.21. The molecular weight excluding hydrogens is 306 g/mol. The molecule has 0 aliphatic rings. The van der Waals surface area contributed by atoms with Crippen LogP contribution in [0.4, 0.5) is 26.3 Å². The second-order valence-electron chi connectivity index (χ2n) is 2.66. The second-order valence-corrected chi connectivity index (χ2v) is 5.79. The number of nitrogens with one attached hydrogen (secondary N) is 2. The van der Waals surface area contributed by atoms with Gasteiger partial charge in [-0.25, -0.2) is 18.0 Å². The van der Waals surface area contributed by atoms with Gasteiger partial charge in [-0.2, -0.15) is 26.3 Å². The third-order valence-electron chi connectivity index (χ3n) is 1.43. The Balaban J connectivity index is 6.10. The molecule has 0 aliphatic heterocycles. The molecule has 104 valence electrons. The zero-order valence-electron chi connectivity index (χ0n) is 7.30. The fraction of sp³-hybridized carbons (Fsp3) is 1.00. The van der Waals surface area contributed by atoms with Crippen molar-refractivity contribution in [2.45, 2.75) is 16.4 Å². The summed E-state index contributed by atoms with van der Waals surface area (Å²) in [6.07, 6.45) is 0. The van der Waals surface area contributed by atoms with Gasteiger partial charge in [-0.1, -0.05) is 0 Å². The van der Waals surface area contributed by atoms with Gasteiger partial charge < -0.3 is 0 Å². The maximum absolute atomic E-state index is 12.6. The predicted molar refractivity (Wildman–Crippen MR) is 41.8 cm³/mol. The Morgan fingerprint density at radius 2 is 0.941 bits per heavy atom. The molecule has 0 amide bonds. The van der Waals surface area contributed by atoms with Crippen LogP contribution in [0, 0.1) is 9.56 Å². The van der Waals surface area contributed by atoms with Crippen molar-refractivity contribution in [3.63, 3.8) is 0 Å². The van der Waals surface area contributed by atoms with Gasteiger partial charge >= 0.3 is 16.4 Å². The van der Waals surface area contributed by atoms with Crippen LogP contribution in [0.1, 0.15) is 0 Å². The molecule has 0 saturated heterocycles. The molecule has 0 aromatic rings. The Bertz CT molecular complexity index is 463. The lowest BCUT2D eigenvalue weighted by molar-refractivity contribution is -0.245. The first-order chi connectivity index (χ1) is 7.00. The Hall–Kier alpha value is -0.600. The van der Waals surface area contributed by atoms with Crippen LogP contribution in [-0.2, 0) is 20.0 Å². The summed E-state index contributed by atoms with van der Waals surface area (Å²) in [6.45, 7) is 0. The van der Waals surface area contributed by atoms with Gasteiger partial charge in [-0.05, 0) is 0 Å². The Labute approximate surface area is 90.6 Å². The van der Waals surface area contributed by atoms with Crippen LogP contribution in [0.3, 0.4) is 0 Å². The molecule has 0 saturated carbocycles. The van der Waals surface area contributed by atoms with E-state index in [9.17, 15) is 34.8 Å². The summed E-state index contributed by atoms with van der Waals surface area (Å²) in [6, 6.07) is 0. The van der Waals surface area contributed by atoms with E-state index in [1.54, 1.807) is 0 Å². The molecule has 14 heteroatoms. The highest BCUT2D eigenvalue weighted by molar-refractivity contribution is 7.89. The summed E-state index contributed by atoms with van der Waals surface area (Å²) in [5.41, 5.74) is 0. The molecule has 0 heterocycles. The molecule has 0 radical (unpaired) electrons. The number of hydrogen-bond acceptors (Lipinski definition) is 4. The molecule has 0 spiro atoms. The zero-order valence-corrected chi connectivity index (χ0v) is 8.93. The van der Waals surface area contributed by atoms with E-state index in [2.05, 4.69) is 0 Å². The van der Waals surface area contributed by atoms with Crippen LogP contribution in [0.15, 0.2) is 0 Å². The molecule has 2 atom stereocenters. The molecule has 0 aromatic carbocycles. The van der Waals surface area contributed by atoms with Crippen molar-refractivity contribution in [3.8, 4) is 0 Å². The summed E-state index contributed by atoms with van der Waals surface area (Å²) in [7, 11) is -13.0. The number of alkyl halides is 6. The third-order valence-corrected chi connectivity index (χ3v) is 3.33. The zero-order chi connectivity index (χ0) is 14.5. The molecule has 0 rings (SSSR count).